The van der Waals surface area contributed by atoms with Crippen LogP contribution >= 0.6 is 0 Å². The Labute approximate surface area is 483 Å². The van der Waals surface area contributed by atoms with Crippen molar-refractivity contribution in [1.29, 1.82) is 0 Å². The average Bonchev–Trinajstić information content (AvgIpc) is 4.55. The van der Waals surface area contributed by atoms with Gasteiger partial charge in [-0.05, 0) is 100 Å². The number of para-hydroxylation sites is 2. The molecule has 0 spiro atoms. The lowest BCUT2D eigenvalue weighted by Crippen LogP contribution is -2.17. The van der Waals surface area contributed by atoms with Crippen molar-refractivity contribution in [2.45, 2.75) is 61.6 Å². The number of carbonyl (C=O) groups is 1. The number of H-pyrrole nitrogens is 3. The van der Waals surface area contributed by atoms with E-state index in [1.54, 1.807) is 75.0 Å². The van der Waals surface area contributed by atoms with Crippen molar-refractivity contribution >= 4 is 5.97 Å². The van der Waals surface area contributed by atoms with Crippen molar-refractivity contribution in [2.24, 2.45) is 14.1 Å². The highest BCUT2D eigenvalue weighted by Gasteiger charge is 2.33. The molecule has 0 amide bonds. The Kier molecular flexibility index (Phi) is 23.6. The van der Waals surface area contributed by atoms with Crippen LogP contribution < -0.4 is 22.8 Å². The summed E-state index contributed by atoms with van der Waals surface area (Å²) in [5.74, 6) is -0.0907. The molecular weight excluding hydrogens is 1140 g/mol. The fraction of sp³-hybridized carbons (Fsp3) is 0.204. The van der Waals surface area contributed by atoms with Gasteiger partial charge in [0.1, 0.15) is 17.1 Å². The van der Waals surface area contributed by atoms with Gasteiger partial charge in [-0.15, -0.1) is 14.2 Å². The van der Waals surface area contributed by atoms with Gasteiger partial charge < -0.3 is 23.2 Å². The predicted molar refractivity (Wildman–Crippen MR) is 298 cm³/mol. The van der Waals surface area contributed by atoms with Crippen LogP contribution in [0.4, 0.5) is 17.6 Å². The maximum atomic E-state index is 13.2. The molecule has 10 aromatic heterocycles. The maximum absolute atomic E-state index is 13.2. The fourth-order valence-electron chi connectivity index (χ4n) is 6.34. The van der Waals surface area contributed by atoms with Crippen molar-refractivity contribution in [3.05, 3.63) is 239 Å². The third-order valence-corrected chi connectivity index (χ3v) is 10.4. The summed E-state index contributed by atoms with van der Waals surface area (Å²) in [6.45, 7) is 13.8. The van der Waals surface area contributed by atoms with E-state index in [-0.39, 0.29) is 34.4 Å². The van der Waals surface area contributed by atoms with E-state index in [1.165, 1.54) is 63.8 Å². The summed E-state index contributed by atoms with van der Waals surface area (Å²) in [5, 5.41) is 31.5. The van der Waals surface area contributed by atoms with E-state index >= 15 is 0 Å². The first-order valence-corrected chi connectivity index (χ1v) is 24.9. The number of carboxylic acid groups (broad SMARTS) is 1. The van der Waals surface area contributed by atoms with Crippen LogP contribution in [-0.2, 0) is 20.3 Å². The van der Waals surface area contributed by atoms with E-state index in [0.29, 0.717) is 23.3 Å². The molecule has 2 aromatic carbocycles. The smallest absolute Gasteiger partial charge is 0.435 e. The number of hydrogen-bond donors (Lipinski definition) is 4. The number of aryl methyl sites for hydroxylation is 10. The average molecular weight is 1190 g/mol. The lowest BCUT2D eigenvalue weighted by Gasteiger charge is -2.02. The molecule has 12 rings (SSSR count). The zero-order chi connectivity index (χ0) is 63.1. The molecule has 0 fully saturated rings. The number of pyridine rings is 2. The first kappa shape index (κ1) is 65.3. The van der Waals surface area contributed by atoms with Crippen LogP contribution in [0.15, 0.2) is 171 Å². The third kappa shape index (κ3) is 20.2. The first-order chi connectivity index (χ1) is 40.8. The second-order valence-electron chi connectivity index (χ2n) is 17.3. The molecule has 0 saturated carbocycles. The topological polar surface area (TPSA) is 359 Å². The molecule has 0 radical (unpaired) electrons. The second-order valence-corrected chi connectivity index (χ2v) is 17.3. The number of aromatic carboxylic acids is 1. The number of aromatic nitrogens is 18. The van der Waals surface area contributed by atoms with E-state index in [1.807, 2.05) is 68.9 Å². The van der Waals surface area contributed by atoms with E-state index in [9.17, 15) is 41.5 Å². The SMILES string of the molecule is Cc1cc(-c2ccccn2)n[nH]1.Cc1cc(C(F)(F)F)n[nH]1.Cc1ccn[nH]1.Cc1ccnn1C.Cc1nc(=O)n(-c2ccccc2C(=O)O)o1.Cc1nc(=O)n(-c2ccccc2F)o1.Cc1nc(=O)n(-c2ccccn2)o1.Cc1nc(=O)n(C)o1. The van der Waals surface area contributed by atoms with E-state index in [0.717, 1.165) is 47.8 Å². The van der Waals surface area contributed by atoms with Crippen LogP contribution in [0.3, 0.4) is 0 Å². The number of halogens is 4. The minimum Gasteiger partial charge on any atom is -0.478 e. The van der Waals surface area contributed by atoms with E-state index in [2.05, 4.69) is 65.6 Å². The lowest BCUT2D eigenvalue weighted by molar-refractivity contribution is -0.141. The molecule has 0 bridgehead atoms. The minimum atomic E-state index is -4.33. The molecule has 0 saturated heterocycles. The molecule has 4 N–H and O–H groups in total. The van der Waals surface area contributed by atoms with Crippen molar-refractivity contribution in [2.75, 3.05) is 0 Å². The van der Waals surface area contributed by atoms with Crippen molar-refractivity contribution < 1.29 is 45.6 Å². The number of alkyl halides is 3. The highest BCUT2D eigenvalue weighted by molar-refractivity contribution is 5.91. The zero-order valence-corrected chi connectivity index (χ0v) is 47.5. The molecule has 28 nitrogen and oxygen atoms in total. The Morgan fingerprint density at radius 3 is 1.41 bits per heavy atom. The Morgan fingerprint density at radius 2 is 1.05 bits per heavy atom. The van der Waals surface area contributed by atoms with Crippen LogP contribution in [0.1, 0.15) is 62.4 Å². The van der Waals surface area contributed by atoms with Gasteiger partial charge >= 0.3 is 34.9 Å². The number of nitrogens with one attached hydrogen (secondary N) is 3. The molecule has 86 heavy (non-hydrogen) atoms. The van der Waals surface area contributed by atoms with Gasteiger partial charge in [0.05, 0.1) is 18.3 Å². The van der Waals surface area contributed by atoms with Gasteiger partial charge in [-0.25, -0.2) is 33.3 Å². The zero-order valence-electron chi connectivity index (χ0n) is 47.5. The molecule has 10 heterocycles. The maximum Gasteiger partial charge on any atom is 0.435 e. The van der Waals surface area contributed by atoms with Gasteiger partial charge in [0, 0.05) is 82.3 Å². The molecular formula is C54H56F4N18O10. The van der Waals surface area contributed by atoms with Gasteiger partial charge in [-0.1, -0.05) is 36.4 Å². The monoisotopic (exact) mass is 1190 g/mol. The van der Waals surface area contributed by atoms with Gasteiger partial charge in [-0.3, -0.25) is 25.0 Å². The standard InChI is InChI=1S/C10H8N2O4.C9H7FN2O2.C9H9N3.C8H7N3O2.C5H5F3N2.C5H8N2.C4H6N2O2.C4H6N2/c1-6-11-10(15)12(16-6)8-5-3-2-4-7(8)9(13)14;1-6-11-9(13)12(14-6)8-5-3-2-4-7(8)10;1-7-6-9(12-11-7)8-4-2-3-5-10-8;1-6-10-8(12)11(13-6)7-4-2-3-5-9-7;1-3-2-4(10-9-3)5(6,7)8;1-5-3-4-6-7(5)2;1-3-5-4(7)6(2)8-3;1-4-2-3-5-6-4/h2-5H,1H3,(H,13,14);2-5H,1H3;2-6H,1H3,(H,11,12);2-5H,1H3;2H,1H3,(H,9,10);3-4H,1-2H3;1-2H3;2-3H,1H3,(H,5,6). The molecule has 0 atom stereocenters. The fourth-order valence-corrected chi connectivity index (χ4v) is 6.34. The lowest BCUT2D eigenvalue weighted by atomic mass is 10.2. The highest BCUT2D eigenvalue weighted by Crippen LogP contribution is 2.27. The molecule has 12 aromatic rings. The summed E-state index contributed by atoms with van der Waals surface area (Å²) in [6, 6.07) is 29.7. The Bertz CT molecular complexity index is 4220. The normalized spacial score (nSPS) is 10.3. The number of benzene rings is 2. The van der Waals surface area contributed by atoms with Crippen LogP contribution in [0.2, 0.25) is 0 Å². The second kappa shape index (κ2) is 31.1. The number of rotatable bonds is 5. The summed E-state index contributed by atoms with van der Waals surface area (Å²) in [4.78, 5) is 77.3. The molecule has 450 valence electrons. The van der Waals surface area contributed by atoms with Crippen molar-refractivity contribution in [1.82, 2.24) is 89.2 Å². The predicted octanol–water partition coefficient (Wildman–Crippen LogP) is 7.28. The minimum absolute atomic E-state index is 0.0132. The Morgan fingerprint density at radius 1 is 0.523 bits per heavy atom. The van der Waals surface area contributed by atoms with Crippen LogP contribution in [0, 0.1) is 61.2 Å². The molecule has 32 heteroatoms. The quantitative estimate of drug-likeness (QED) is 0.123. The van der Waals surface area contributed by atoms with Crippen molar-refractivity contribution in [3.8, 4) is 28.6 Å². The van der Waals surface area contributed by atoms with E-state index < -0.39 is 40.7 Å². The molecule has 0 unspecified atom stereocenters. The number of nitrogens with zero attached hydrogens (tertiary/aromatic N) is 15. The van der Waals surface area contributed by atoms with Crippen LogP contribution in [0.25, 0.3) is 28.6 Å². The number of carboxylic acids is 1. The third-order valence-electron chi connectivity index (χ3n) is 10.4. The Balaban J connectivity index is 0.000000182. The molecule has 0 aliphatic heterocycles. The number of hydrogen-bond acceptors (Lipinski definition) is 19. The summed E-state index contributed by atoms with van der Waals surface area (Å²) in [6.07, 6.45) is 2.54. The first-order valence-electron chi connectivity index (χ1n) is 24.9. The van der Waals surface area contributed by atoms with Crippen LogP contribution in [0.5, 0.6) is 0 Å². The molecule has 0 aliphatic carbocycles. The summed E-state index contributed by atoms with van der Waals surface area (Å²) < 4.78 is 73.7. The van der Waals surface area contributed by atoms with Gasteiger partial charge in [-0.2, -0.15) is 58.2 Å². The summed E-state index contributed by atoms with van der Waals surface area (Å²) in [7, 11) is 3.44. The van der Waals surface area contributed by atoms with E-state index in [4.69, 9.17) is 23.2 Å². The molecule has 0 aliphatic rings. The van der Waals surface area contributed by atoms with Crippen molar-refractivity contribution in [3.63, 3.8) is 0 Å². The van der Waals surface area contributed by atoms with Gasteiger partial charge in [0.15, 0.2) is 17.3 Å². The van der Waals surface area contributed by atoms with Gasteiger partial charge in [0.25, 0.3) is 0 Å². The van der Waals surface area contributed by atoms with Gasteiger partial charge in [0.2, 0.25) is 23.6 Å². The summed E-state index contributed by atoms with van der Waals surface area (Å²) in [5.41, 5.74) is 2.87. The highest BCUT2D eigenvalue weighted by atomic mass is 19.4. The summed E-state index contributed by atoms with van der Waals surface area (Å²) >= 11 is 0. The Hall–Kier alpha value is -11.5. The largest absolute Gasteiger partial charge is 0.478 e. The van der Waals surface area contributed by atoms with Crippen LogP contribution in [-0.4, -0.2) is 100 Å². The number of aromatic amines is 3.